The summed E-state index contributed by atoms with van der Waals surface area (Å²) >= 11 is 0. The van der Waals surface area contributed by atoms with Crippen LogP contribution in [0, 0.1) is 0 Å². The smallest absolute Gasteiger partial charge is 0.191 e. The van der Waals surface area contributed by atoms with E-state index in [0.717, 1.165) is 11.3 Å². The molecule has 0 bridgehead atoms. The summed E-state index contributed by atoms with van der Waals surface area (Å²) in [7, 11) is -1.51. The standard InChI is InChI=1S/C18H31N3O3S/c1-17(2,3)24-15-11-9-8-10-14(15)12-20-16(19-6)21-13-18(4,5)25(7,22)23/h8-11H,12-13H2,1-7H3,(H2,19,20,21). The average Bonchev–Trinajstić information content (AvgIpc) is 2.46. The summed E-state index contributed by atoms with van der Waals surface area (Å²) in [5, 5.41) is 6.27. The predicted molar refractivity (Wildman–Crippen MR) is 104 cm³/mol. The van der Waals surface area contributed by atoms with Crippen molar-refractivity contribution in [2.24, 2.45) is 4.99 Å². The van der Waals surface area contributed by atoms with Gasteiger partial charge in [0, 0.05) is 32.0 Å². The third-order valence-electron chi connectivity index (χ3n) is 3.74. The summed E-state index contributed by atoms with van der Waals surface area (Å²) in [6.07, 6.45) is 1.24. The number of benzene rings is 1. The molecule has 1 aromatic carbocycles. The number of para-hydroxylation sites is 1. The van der Waals surface area contributed by atoms with Crippen LogP contribution in [0.15, 0.2) is 29.3 Å². The average molecular weight is 370 g/mol. The van der Waals surface area contributed by atoms with Gasteiger partial charge in [-0.2, -0.15) is 0 Å². The van der Waals surface area contributed by atoms with Gasteiger partial charge in [0.1, 0.15) is 11.4 Å². The molecule has 0 radical (unpaired) electrons. The van der Waals surface area contributed by atoms with E-state index < -0.39 is 14.6 Å². The molecule has 2 N–H and O–H groups in total. The Bertz CT molecular complexity index is 705. The molecule has 0 saturated carbocycles. The number of guanidine groups is 1. The first-order valence-electron chi connectivity index (χ1n) is 8.27. The summed E-state index contributed by atoms with van der Waals surface area (Å²) in [6, 6.07) is 7.81. The molecule has 25 heavy (non-hydrogen) atoms. The van der Waals surface area contributed by atoms with Crippen molar-refractivity contribution in [3.63, 3.8) is 0 Å². The molecule has 0 aliphatic heterocycles. The van der Waals surface area contributed by atoms with Crippen molar-refractivity contribution in [2.45, 2.75) is 51.5 Å². The highest BCUT2D eigenvalue weighted by atomic mass is 32.2. The number of nitrogens with zero attached hydrogens (tertiary/aromatic N) is 1. The van der Waals surface area contributed by atoms with Crippen molar-refractivity contribution < 1.29 is 13.2 Å². The van der Waals surface area contributed by atoms with Crippen molar-refractivity contribution in [3.05, 3.63) is 29.8 Å². The number of rotatable bonds is 6. The molecule has 0 heterocycles. The maximum atomic E-state index is 11.8. The second-order valence-electron chi connectivity index (χ2n) is 7.63. The maximum Gasteiger partial charge on any atom is 0.191 e. The molecule has 0 fully saturated rings. The fraction of sp³-hybridized carbons (Fsp3) is 0.611. The summed E-state index contributed by atoms with van der Waals surface area (Å²) < 4.78 is 28.7. The fourth-order valence-corrected chi connectivity index (χ4v) is 2.24. The van der Waals surface area contributed by atoms with Crippen molar-refractivity contribution >= 4 is 15.8 Å². The second-order valence-corrected chi connectivity index (χ2v) is 10.3. The highest BCUT2D eigenvalue weighted by molar-refractivity contribution is 7.92. The molecule has 0 spiro atoms. The van der Waals surface area contributed by atoms with Crippen molar-refractivity contribution in [3.8, 4) is 5.75 Å². The molecule has 0 aliphatic carbocycles. The Morgan fingerprint density at radius 2 is 1.72 bits per heavy atom. The van der Waals surface area contributed by atoms with E-state index in [-0.39, 0.29) is 12.1 Å². The Balaban J connectivity index is 2.74. The van der Waals surface area contributed by atoms with E-state index in [4.69, 9.17) is 4.74 Å². The maximum absolute atomic E-state index is 11.8. The van der Waals surface area contributed by atoms with Crippen LogP contribution in [0.2, 0.25) is 0 Å². The lowest BCUT2D eigenvalue weighted by molar-refractivity contribution is 0.129. The van der Waals surface area contributed by atoms with Crippen LogP contribution in [0.4, 0.5) is 0 Å². The van der Waals surface area contributed by atoms with Crippen LogP contribution < -0.4 is 15.4 Å². The molecule has 0 amide bonds. The monoisotopic (exact) mass is 369 g/mol. The van der Waals surface area contributed by atoms with Crippen LogP contribution in [-0.2, 0) is 16.4 Å². The normalized spacial score (nSPS) is 13.5. The number of hydrogen-bond acceptors (Lipinski definition) is 4. The van der Waals surface area contributed by atoms with E-state index in [0.29, 0.717) is 12.5 Å². The van der Waals surface area contributed by atoms with Gasteiger partial charge in [-0.3, -0.25) is 4.99 Å². The largest absolute Gasteiger partial charge is 0.488 e. The Kier molecular flexibility index (Phi) is 6.88. The summed E-state index contributed by atoms with van der Waals surface area (Å²) in [5.41, 5.74) is 0.720. The van der Waals surface area contributed by atoms with Crippen LogP contribution in [0.5, 0.6) is 5.75 Å². The summed E-state index contributed by atoms with van der Waals surface area (Å²) in [4.78, 5) is 4.15. The van der Waals surface area contributed by atoms with E-state index in [1.165, 1.54) is 6.26 Å². The quantitative estimate of drug-likeness (QED) is 0.594. The van der Waals surface area contributed by atoms with E-state index in [1.807, 2.05) is 45.0 Å². The minimum atomic E-state index is -3.17. The molecule has 6 nitrogen and oxygen atoms in total. The molecule has 0 unspecified atom stereocenters. The van der Waals surface area contributed by atoms with Crippen LogP contribution in [0.25, 0.3) is 0 Å². The highest BCUT2D eigenvalue weighted by Gasteiger charge is 2.30. The summed E-state index contributed by atoms with van der Waals surface area (Å²) in [5.74, 6) is 1.36. The lowest BCUT2D eigenvalue weighted by Crippen LogP contribution is -2.47. The molecular formula is C18H31N3O3S. The Morgan fingerprint density at radius 1 is 1.12 bits per heavy atom. The van der Waals surface area contributed by atoms with Gasteiger partial charge in [-0.1, -0.05) is 18.2 Å². The van der Waals surface area contributed by atoms with Gasteiger partial charge in [0.05, 0.1) is 4.75 Å². The SMILES string of the molecule is CN=C(NCc1ccccc1OC(C)(C)C)NCC(C)(C)S(C)(=O)=O. The third kappa shape index (κ3) is 6.94. The first-order chi connectivity index (χ1) is 11.4. The number of sulfone groups is 1. The first-order valence-corrected chi connectivity index (χ1v) is 10.2. The number of aliphatic imine (C=N–C) groups is 1. The highest BCUT2D eigenvalue weighted by Crippen LogP contribution is 2.22. The minimum Gasteiger partial charge on any atom is -0.488 e. The lowest BCUT2D eigenvalue weighted by atomic mass is 10.1. The Hall–Kier alpha value is -1.76. The third-order valence-corrected chi connectivity index (χ3v) is 5.90. The number of ether oxygens (including phenoxy) is 1. The van der Waals surface area contributed by atoms with Crippen molar-refractivity contribution in [1.82, 2.24) is 10.6 Å². The molecule has 0 aromatic heterocycles. The number of nitrogens with one attached hydrogen (secondary N) is 2. The Morgan fingerprint density at radius 3 is 2.24 bits per heavy atom. The Labute approximate surface area is 152 Å². The van der Waals surface area contributed by atoms with Crippen LogP contribution in [-0.4, -0.2) is 44.6 Å². The van der Waals surface area contributed by atoms with Gasteiger partial charge in [0.2, 0.25) is 0 Å². The van der Waals surface area contributed by atoms with Gasteiger partial charge < -0.3 is 15.4 Å². The lowest BCUT2D eigenvalue weighted by Gasteiger charge is -2.25. The second kappa shape index (κ2) is 8.08. The van der Waals surface area contributed by atoms with Gasteiger partial charge >= 0.3 is 0 Å². The summed E-state index contributed by atoms with van der Waals surface area (Å²) in [6.45, 7) is 10.2. The van der Waals surface area contributed by atoms with Gasteiger partial charge in [0.25, 0.3) is 0 Å². The fourth-order valence-electron chi connectivity index (χ4n) is 1.91. The van der Waals surface area contributed by atoms with E-state index in [2.05, 4.69) is 15.6 Å². The van der Waals surface area contributed by atoms with E-state index >= 15 is 0 Å². The zero-order chi connectivity index (χ0) is 19.3. The van der Waals surface area contributed by atoms with E-state index in [1.54, 1.807) is 20.9 Å². The molecule has 7 heteroatoms. The van der Waals surface area contributed by atoms with Crippen LogP contribution >= 0.6 is 0 Å². The molecular weight excluding hydrogens is 338 g/mol. The van der Waals surface area contributed by atoms with E-state index in [9.17, 15) is 8.42 Å². The van der Waals surface area contributed by atoms with Gasteiger partial charge in [-0.25, -0.2) is 8.42 Å². The predicted octanol–water partition coefficient (Wildman–Crippen LogP) is 2.35. The van der Waals surface area contributed by atoms with Crippen molar-refractivity contribution in [2.75, 3.05) is 19.8 Å². The van der Waals surface area contributed by atoms with Gasteiger partial charge in [-0.15, -0.1) is 0 Å². The molecule has 0 atom stereocenters. The molecule has 1 rings (SSSR count). The van der Waals surface area contributed by atoms with Crippen molar-refractivity contribution in [1.29, 1.82) is 0 Å². The molecule has 142 valence electrons. The zero-order valence-corrected chi connectivity index (χ0v) is 17.1. The zero-order valence-electron chi connectivity index (χ0n) is 16.3. The van der Waals surface area contributed by atoms with Gasteiger partial charge in [0.15, 0.2) is 15.8 Å². The topological polar surface area (TPSA) is 79.8 Å². The molecule has 0 aliphatic rings. The van der Waals surface area contributed by atoms with Gasteiger partial charge in [-0.05, 0) is 40.7 Å². The van der Waals surface area contributed by atoms with Crippen LogP contribution in [0.1, 0.15) is 40.2 Å². The minimum absolute atomic E-state index is 0.269. The molecule has 0 saturated heterocycles. The number of hydrogen-bond donors (Lipinski definition) is 2. The molecule has 1 aromatic rings. The first kappa shape index (κ1) is 21.3. The van der Waals surface area contributed by atoms with Crippen LogP contribution in [0.3, 0.4) is 0 Å².